The predicted octanol–water partition coefficient (Wildman–Crippen LogP) is 4.50. The molecule has 3 aromatic carbocycles. The second kappa shape index (κ2) is 13.9. The van der Waals surface area contributed by atoms with Crippen LogP contribution in [0.4, 0.5) is 20.7 Å². The van der Waals surface area contributed by atoms with Gasteiger partial charge in [0.25, 0.3) is 11.1 Å². The minimum Gasteiger partial charge on any atom is -0.497 e. The van der Waals surface area contributed by atoms with Crippen LogP contribution in [0.15, 0.2) is 81.1 Å². The number of benzene rings is 3. The Labute approximate surface area is 293 Å². The first-order valence-electron chi connectivity index (χ1n) is 15.5. The van der Waals surface area contributed by atoms with Crippen molar-refractivity contribution in [2.75, 3.05) is 38.6 Å². The highest BCUT2D eigenvalue weighted by Gasteiger charge is 2.25. The molecule has 0 unspecified atom stereocenters. The molecule has 1 amide bonds. The number of amides is 1. The molecule has 5 aromatic rings. The van der Waals surface area contributed by atoms with Gasteiger partial charge in [-0.3, -0.25) is 28.2 Å². The number of aryl methyl sites for hydroxylation is 1. The summed E-state index contributed by atoms with van der Waals surface area (Å²) < 4.78 is 24.8. The van der Waals surface area contributed by atoms with Crippen molar-refractivity contribution in [2.24, 2.45) is 7.05 Å². The fraction of sp³-hybridized carbons (Fsp3) is 0.257. The van der Waals surface area contributed by atoms with Crippen LogP contribution in [0.3, 0.4) is 0 Å². The zero-order valence-corrected chi connectivity index (χ0v) is 29.2. The minimum atomic E-state index is -0.946. The number of pyridine rings is 1. The SMILES string of the molecule is COc1ccc(Cn2c(=O)c3c(Nc4ccc(I)cc4F)n(C)c(=O)c(C)c3n(-c3cccc(CN4CCN(C(=O)O)CC4)c3)c2=O)cc1. The maximum absolute atomic E-state index is 15.1. The van der Waals surface area contributed by atoms with E-state index in [-0.39, 0.29) is 34.5 Å². The lowest BCUT2D eigenvalue weighted by Crippen LogP contribution is -2.47. The number of piperazine rings is 1. The van der Waals surface area contributed by atoms with Gasteiger partial charge in [-0.05, 0) is 83.1 Å². The number of fused-ring (bicyclic) bond motifs is 1. The summed E-state index contributed by atoms with van der Waals surface area (Å²) in [4.78, 5) is 57.5. The number of carbonyl (C=O) groups is 1. The number of hydrogen-bond acceptors (Lipinski definition) is 7. The molecule has 0 bridgehead atoms. The number of methoxy groups -OCH3 is 1. The molecule has 49 heavy (non-hydrogen) atoms. The van der Waals surface area contributed by atoms with Gasteiger partial charge >= 0.3 is 11.8 Å². The number of ether oxygens (including phenoxy) is 1. The molecule has 12 nitrogen and oxygen atoms in total. The van der Waals surface area contributed by atoms with Crippen LogP contribution in [0.5, 0.6) is 5.75 Å². The van der Waals surface area contributed by atoms with Crippen molar-refractivity contribution in [3.8, 4) is 11.4 Å². The highest BCUT2D eigenvalue weighted by atomic mass is 127. The second-order valence-electron chi connectivity index (χ2n) is 11.9. The van der Waals surface area contributed by atoms with E-state index in [0.29, 0.717) is 53.3 Å². The molecule has 14 heteroatoms. The highest BCUT2D eigenvalue weighted by Crippen LogP contribution is 2.28. The van der Waals surface area contributed by atoms with E-state index in [1.54, 1.807) is 56.5 Å². The molecule has 1 aliphatic rings. The quantitative estimate of drug-likeness (QED) is 0.221. The first-order chi connectivity index (χ1) is 23.5. The normalized spacial score (nSPS) is 13.5. The van der Waals surface area contributed by atoms with Crippen LogP contribution >= 0.6 is 22.6 Å². The van der Waals surface area contributed by atoms with Gasteiger partial charge in [-0.25, -0.2) is 14.0 Å². The van der Waals surface area contributed by atoms with Crippen LogP contribution in [0, 0.1) is 16.3 Å². The molecule has 2 N–H and O–H groups in total. The summed E-state index contributed by atoms with van der Waals surface area (Å²) in [7, 11) is 3.04. The number of anilines is 2. The van der Waals surface area contributed by atoms with Crippen molar-refractivity contribution < 1.29 is 19.0 Å². The molecule has 1 aliphatic heterocycles. The maximum Gasteiger partial charge on any atom is 0.407 e. The average molecular weight is 781 g/mol. The molecule has 2 aromatic heterocycles. The Morgan fingerprint density at radius 1 is 0.939 bits per heavy atom. The molecule has 0 spiro atoms. The molecular weight excluding hydrogens is 746 g/mol. The first kappa shape index (κ1) is 33.9. The number of carboxylic acid groups (broad SMARTS) is 1. The van der Waals surface area contributed by atoms with E-state index in [4.69, 9.17) is 4.74 Å². The van der Waals surface area contributed by atoms with E-state index in [2.05, 4.69) is 10.2 Å². The summed E-state index contributed by atoms with van der Waals surface area (Å²) in [5.74, 6) is 0.0853. The summed E-state index contributed by atoms with van der Waals surface area (Å²) >= 11 is 1.99. The molecule has 1 saturated heterocycles. The van der Waals surface area contributed by atoms with Gasteiger partial charge in [0.05, 0.1) is 30.5 Å². The lowest BCUT2D eigenvalue weighted by atomic mass is 10.1. The van der Waals surface area contributed by atoms with Crippen LogP contribution in [-0.4, -0.2) is 68.0 Å². The lowest BCUT2D eigenvalue weighted by molar-refractivity contribution is 0.103. The summed E-state index contributed by atoms with van der Waals surface area (Å²) in [6, 6.07) is 18.8. The lowest BCUT2D eigenvalue weighted by Gasteiger charge is -2.33. The number of nitrogens with one attached hydrogen (secondary N) is 1. The smallest absolute Gasteiger partial charge is 0.407 e. The van der Waals surface area contributed by atoms with Gasteiger partial charge in [0.1, 0.15) is 22.8 Å². The van der Waals surface area contributed by atoms with Crippen molar-refractivity contribution in [1.29, 1.82) is 0 Å². The Bertz CT molecular complexity index is 2260. The van der Waals surface area contributed by atoms with Crippen LogP contribution < -0.4 is 26.9 Å². The van der Waals surface area contributed by atoms with Crippen LogP contribution in [-0.2, 0) is 20.1 Å². The third kappa shape index (κ3) is 6.70. The van der Waals surface area contributed by atoms with Gasteiger partial charge in [-0.1, -0.05) is 24.3 Å². The van der Waals surface area contributed by atoms with Crippen molar-refractivity contribution in [1.82, 2.24) is 23.5 Å². The van der Waals surface area contributed by atoms with Gasteiger partial charge < -0.3 is 20.1 Å². The van der Waals surface area contributed by atoms with Crippen LogP contribution in [0.2, 0.25) is 0 Å². The van der Waals surface area contributed by atoms with Crippen molar-refractivity contribution in [3.05, 3.63) is 124 Å². The Hall–Kier alpha value is -4.96. The minimum absolute atomic E-state index is 0.0420. The van der Waals surface area contributed by atoms with E-state index >= 15 is 4.39 Å². The molecule has 1 fully saturated rings. The second-order valence-corrected chi connectivity index (χ2v) is 13.1. The van der Waals surface area contributed by atoms with E-state index in [9.17, 15) is 24.3 Å². The Morgan fingerprint density at radius 3 is 2.31 bits per heavy atom. The van der Waals surface area contributed by atoms with Crippen LogP contribution in [0.25, 0.3) is 16.6 Å². The average Bonchev–Trinajstić information content (AvgIpc) is 3.09. The number of halogens is 2. The number of rotatable bonds is 8. The molecule has 0 atom stereocenters. The van der Waals surface area contributed by atoms with E-state index in [1.165, 1.54) is 33.2 Å². The molecule has 254 valence electrons. The molecule has 3 heterocycles. The third-order valence-corrected chi connectivity index (χ3v) is 9.47. The zero-order valence-electron chi connectivity index (χ0n) is 27.1. The Morgan fingerprint density at radius 2 is 1.65 bits per heavy atom. The summed E-state index contributed by atoms with van der Waals surface area (Å²) in [5, 5.41) is 12.4. The number of hydrogen-bond donors (Lipinski definition) is 2. The van der Waals surface area contributed by atoms with Gasteiger partial charge in [0, 0.05) is 48.9 Å². The van der Waals surface area contributed by atoms with Crippen molar-refractivity contribution in [3.63, 3.8) is 0 Å². The number of nitrogens with zero attached hydrogens (tertiary/aromatic N) is 5. The van der Waals surface area contributed by atoms with E-state index in [0.717, 1.165) is 10.1 Å². The fourth-order valence-corrected chi connectivity index (χ4v) is 6.60. The summed E-state index contributed by atoms with van der Waals surface area (Å²) in [6.07, 6.45) is -0.946. The largest absolute Gasteiger partial charge is 0.497 e. The zero-order chi connectivity index (χ0) is 35.0. The first-order valence-corrected chi connectivity index (χ1v) is 16.6. The van der Waals surface area contributed by atoms with Gasteiger partial charge in [-0.15, -0.1) is 0 Å². The van der Waals surface area contributed by atoms with Crippen molar-refractivity contribution in [2.45, 2.75) is 20.0 Å². The Balaban J connectivity index is 1.56. The topological polar surface area (TPSA) is 131 Å². The highest BCUT2D eigenvalue weighted by molar-refractivity contribution is 14.1. The molecule has 0 aliphatic carbocycles. The van der Waals surface area contributed by atoms with Gasteiger partial charge in [-0.2, -0.15) is 0 Å². The number of aromatic nitrogens is 3. The van der Waals surface area contributed by atoms with E-state index in [1.807, 2.05) is 34.7 Å². The maximum atomic E-state index is 15.1. The Kier molecular flexibility index (Phi) is 9.61. The standard InChI is InChI=1S/C35H34FIN6O6/c1-21-30-29(31(39(2)32(21)44)38-28-12-9-24(37)18-27(28)36)33(45)42(20-22-7-10-26(49-3)11-8-22)34(46)43(30)25-6-4-5-23(17-25)19-40-13-15-41(16-14-40)35(47)48/h4-12,17-18,38H,13-16,19-20H2,1-3H3,(H,47,48). The van der Waals surface area contributed by atoms with E-state index < -0.39 is 28.7 Å². The predicted molar refractivity (Wildman–Crippen MR) is 193 cm³/mol. The van der Waals surface area contributed by atoms with Gasteiger partial charge in [0.15, 0.2) is 0 Å². The molecule has 0 saturated carbocycles. The fourth-order valence-electron chi connectivity index (χ4n) is 6.15. The monoisotopic (exact) mass is 780 g/mol. The molecular formula is C35H34FIN6O6. The van der Waals surface area contributed by atoms with Crippen LogP contribution in [0.1, 0.15) is 16.7 Å². The molecule has 6 rings (SSSR count). The summed E-state index contributed by atoms with van der Waals surface area (Å²) in [5.41, 5.74) is 0.544. The molecule has 0 radical (unpaired) electrons. The van der Waals surface area contributed by atoms with Gasteiger partial charge in [0.2, 0.25) is 0 Å². The summed E-state index contributed by atoms with van der Waals surface area (Å²) in [6.45, 7) is 3.85. The van der Waals surface area contributed by atoms with Crippen molar-refractivity contribution >= 4 is 51.1 Å². The third-order valence-electron chi connectivity index (χ3n) is 8.80.